The summed E-state index contributed by atoms with van der Waals surface area (Å²) in [5.41, 5.74) is 0.639. The molecule has 0 saturated heterocycles. The molecular weight excluding hydrogens is 388 g/mol. The average Bonchev–Trinajstić information content (AvgIpc) is 2.69. The molecule has 30 heavy (non-hydrogen) atoms. The maximum absolute atomic E-state index is 12.8. The fraction of sp³-hybridized carbons (Fsp3) is 0.364. The van der Waals surface area contributed by atoms with Crippen LogP contribution in [0.2, 0.25) is 0 Å². The van der Waals surface area contributed by atoms with Gasteiger partial charge in [-0.1, -0.05) is 49.4 Å². The van der Waals surface area contributed by atoms with E-state index in [9.17, 15) is 19.7 Å². The molecule has 1 amide bonds. The fourth-order valence-electron chi connectivity index (χ4n) is 2.74. The van der Waals surface area contributed by atoms with Crippen molar-refractivity contribution >= 4 is 17.7 Å². The molecule has 0 aliphatic heterocycles. The van der Waals surface area contributed by atoms with Crippen molar-refractivity contribution in [1.82, 2.24) is 5.32 Å². The molecule has 0 aliphatic carbocycles. The van der Waals surface area contributed by atoms with Gasteiger partial charge in [0.2, 0.25) is 0 Å². The summed E-state index contributed by atoms with van der Waals surface area (Å²) in [5.74, 6) is -1.13. The summed E-state index contributed by atoms with van der Waals surface area (Å²) in [4.78, 5) is 35.5. The molecule has 160 valence electrons. The Balaban J connectivity index is 2.15. The third-order valence-corrected chi connectivity index (χ3v) is 4.28. The molecule has 0 unspecified atom stereocenters. The van der Waals surface area contributed by atoms with Crippen molar-refractivity contribution in [2.75, 3.05) is 0 Å². The van der Waals surface area contributed by atoms with Gasteiger partial charge in [0.25, 0.3) is 5.69 Å². The number of benzene rings is 2. The number of alkyl carbamates (subject to hydrolysis) is 1. The van der Waals surface area contributed by atoms with E-state index in [1.165, 1.54) is 12.1 Å². The van der Waals surface area contributed by atoms with Gasteiger partial charge in [-0.05, 0) is 31.9 Å². The van der Waals surface area contributed by atoms with Gasteiger partial charge < -0.3 is 14.8 Å². The topological polar surface area (TPSA) is 108 Å². The van der Waals surface area contributed by atoms with E-state index in [1.807, 2.05) is 30.3 Å². The smallest absolute Gasteiger partial charge is 0.408 e. The number of carbonyl (C=O) groups excluding carboxylic acids is 2. The van der Waals surface area contributed by atoms with Gasteiger partial charge in [0.1, 0.15) is 18.2 Å². The lowest BCUT2D eigenvalue weighted by Gasteiger charge is -2.28. The van der Waals surface area contributed by atoms with Gasteiger partial charge in [-0.3, -0.25) is 10.1 Å². The van der Waals surface area contributed by atoms with Crippen LogP contribution in [0, 0.1) is 10.1 Å². The van der Waals surface area contributed by atoms with E-state index in [2.05, 4.69) is 5.32 Å². The molecule has 2 atom stereocenters. The number of nitrogens with one attached hydrogen (secondary N) is 1. The van der Waals surface area contributed by atoms with Gasteiger partial charge in [0, 0.05) is 18.1 Å². The van der Waals surface area contributed by atoms with E-state index in [-0.39, 0.29) is 12.3 Å². The number of carbonyl (C=O) groups is 2. The molecule has 0 aliphatic rings. The molecule has 8 nitrogen and oxygen atoms in total. The Bertz CT molecular complexity index is 875. The second-order valence-electron chi connectivity index (χ2n) is 7.85. The molecule has 2 aromatic rings. The SMILES string of the molecule is C[C@@H](c1ccc([N+](=O)[O-])cc1)[C@H](NC(=O)OCc1ccccc1)C(=O)OC(C)(C)C. The summed E-state index contributed by atoms with van der Waals surface area (Å²) in [6.07, 6.45) is -0.761. The Morgan fingerprint density at radius 1 is 1.07 bits per heavy atom. The summed E-state index contributed by atoms with van der Waals surface area (Å²) in [7, 11) is 0. The Kier molecular flexibility index (Phi) is 7.52. The van der Waals surface area contributed by atoms with Gasteiger partial charge in [-0.2, -0.15) is 0 Å². The predicted molar refractivity (Wildman–Crippen MR) is 111 cm³/mol. The van der Waals surface area contributed by atoms with Crippen molar-refractivity contribution < 1.29 is 24.0 Å². The average molecular weight is 414 g/mol. The van der Waals surface area contributed by atoms with Crippen molar-refractivity contribution in [3.63, 3.8) is 0 Å². The summed E-state index contributed by atoms with van der Waals surface area (Å²) in [6, 6.07) is 13.9. The van der Waals surface area contributed by atoms with Crippen molar-refractivity contribution in [2.24, 2.45) is 0 Å². The van der Waals surface area contributed by atoms with E-state index >= 15 is 0 Å². The van der Waals surface area contributed by atoms with E-state index in [4.69, 9.17) is 9.47 Å². The van der Waals surface area contributed by atoms with E-state index in [0.29, 0.717) is 5.56 Å². The lowest BCUT2D eigenvalue weighted by atomic mass is 9.93. The summed E-state index contributed by atoms with van der Waals surface area (Å²) >= 11 is 0. The minimum absolute atomic E-state index is 0.0552. The zero-order valence-electron chi connectivity index (χ0n) is 17.5. The van der Waals surface area contributed by atoms with E-state index in [1.54, 1.807) is 39.8 Å². The van der Waals surface area contributed by atoms with Crippen LogP contribution in [-0.2, 0) is 20.9 Å². The number of non-ortho nitro benzene ring substituents is 1. The van der Waals surface area contributed by atoms with E-state index < -0.39 is 34.5 Å². The maximum atomic E-state index is 12.8. The molecule has 1 N–H and O–H groups in total. The zero-order valence-corrected chi connectivity index (χ0v) is 17.5. The number of rotatable bonds is 7. The Morgan fingerprint density at radius 2 is 1.67 bits per heavy atom. The number of nitrogens with zero attached hydrogens (tertiary/aromatic N) is 1. The standard InChI is InChI=1S/C22H26N2O6/c1-15(17-10-12-18(13-11-17)24(27)28)19(20(25)30-22(2,3)4)23-21(26)29-14-16-8-6-5-7-9-16/h5-13,15,19H,14H2,1-4H3,(H,23,26)/t15-,19-/m0/s1. The summed E-state index contributed by atoms with van der Waals surface area (Å²) in [6.45, 7) is 6.97. The Morgan fingerprint density at radius 3 is 2.20 bits per heavy atom. The largest absolute Gasteiger partial charge is 0.458 e. The molecule has 0 aromatic heterocycles. The van der Waals surface area contributed by atoms with Gasteiger partial charge in [-0.25, -0.2) is 9.59 Å². The summed E-state index contributed by atoms with van der Waals surface area (Å²) in [5, 5.41) is 13.4. The first kappa shape index (κ1) is 22.9. The molecule has 0 bridgehead atoms. The first-order chi connectivity index (χ1) is 14.1. The molecule has 8 heteroatoms. The number of hydrogen-bond acceptors (Lipinski definition) is 6. The predicted octanol–water partition coefficient (Wildman–Crippen LogP) is 4.34. The number of ether oxygens (including phenoxy) is 2. The molecule has 0 fully saturated rings. The number of hydrogen-bond donors (Lipinski definition) is 1. The molecule has 0 radical (unpaired) electrons. The number of amides is 1. The van der Waals surface area contributed by atoms with Crippen molar-refractivity contribution in [1.29, 1.82) is 0 Å². The van der Waals surface area contributed by atoms with Gasteiger partial charge in [0.15, 0.2) is 0 Å². The van der Waals surface area contributed by atoms with Crippen molar-refractivity contribution in [2.45, 2.75) is 51.9 Å². The lowest BCUT2D eigenvalue weighted by Crippen LogP contribution is -2.47. The van der Waals surface area contributed by atoms with Crippen LogP contribution < -0.4 is 5.32 Å². The highest BCUT2D eigenvalue weighted by Gasteiger charge is 2.32. The lowest BCUT2D eigenvalue weighted by molar-refractivity contribution is -0.384. The first-order valence-electron chi connectivity index (χ1n) is 9.51. The zero-order chi connectivity index (χ0) is 22.3. The second kappa shape index (κ2) is 9.87. The van der Waals surface area contributed by atoms with E-state index in [0.717, 1.165) is 5.56 Å². The van der Waals surface area contributed by atoms with Crippen LogP contribution in [0.5, 0.6) is 0 Å². The maximum Gasteiger partial charge on any atom is 0.408 e. The summed E-state index contributed by atoms with van der Waals surface area (Å²) < 4.78 is 10.7. The third-order valence-electron chi connectivity index (χ3n) is 4.28. The third kappa shape index (κ3) is 6.88. The van der Waals surface area contributed by atoms with Gasteiger partial charge in [0.05, 0.1) is 4.92 Å². The van der Waals surface area contributed by atoms with Crippen LogP contribution in [0.1, 0.15) is 44.7 Å². The van der Waals surface area contributed by atoms with Crippen LogP contribution in [-0.4, -0.2) is 28.6 Å². The first-order valence-corrected chi connectivity index (χ1v) is 9.51. The van der Waals surface area contributed by atoms with Crippen LogP contribution in [0.15, 0.2) is 54.6 Å². The van der Waals surface area contributed by atoms with Gasteiger partial charge in [-0.15, -0.1) is 0 Å². The normalized spacial score (nSPS) is 13.1. The van der Waals surface area contributed by atoms with Gasteiger partial charge >= 0.3 is 12.1 Å². The van der Waals surface area contributed by atoms with Crippen molar-refractivity contribution in [3.8, 4) is 0 Å². The highest BCUT2D eigenvalue weighted by atomic mass is 16.6. The minimum Gasteiger partial charge on any atom is -0.458 e. The molecule has 2 rings (SSSR count). The van der Waals surface area contributed by atoms with Crippen LogP contribution in [0.4, 0.5) is 10.5 Å². The molecular formula is C22H26N2O6. The van der Waals surface area contributed by atoms with Crippen LogP contribution in [0.25, 0.3) is 0 Å². The molecule has 0 saturated carbocycles. The number of esters is 1. The number of nitro benzene ring substituents is 1. The fourth-order valence-corrected chi connectivity index (χ4v) is 2.74. The molecule has 0 heterocycles. The Labute approximate surface area is 175 Å². The van der Waals surface area contributed by atoms with Crippen LogP contribution >= 0.6 is 0 Å². The second-order valence-corrected chi connectivity index (χ2v) is 7.85. The van der Waals surface area contributed by atoms with Crippen molar-refractivity contribution in [3.05, 3.63) is 75.8 Å². The minimum atomic E-state index is -1.03. The highest BCUT2D eigenvalue weighted by molar-refractivity contribution is 5.82. The molecule has 0 spiro atoms. The molecule has 2 aromatic carbocycles. The van der Waals surface area contributed by atoms with Crippen LogP contribution in [0.3, 0.4) is 0 Å². The monoisotopic (exact) mass is 414 g/mol. The highest BCUT2D eigenvalue weighted by Crippen LogP contribution is 2.24. The number of nitro groups is 1. The Hall–Kier alpha value is -3.42. The quantitative estimate of drug-likeness (QED) is 0.410.